The van der Waals surface area contributed by atoms with Gasteiger partial charge < -0.3 is 5.32 Å². The summed E-state index contributed by atoms with van der Waals surface area (Å²) in [7, 11) is 2.00. The summed E-state index contributed by atoms with van der Waals surface area (Å²) >= 11 is 6.09. The van der Waals surface area contributed by atoms with Gasteiger partial charge in [0.2, 0.25) is 0 Å². The van der Waals surface area contributed by atoms with Crippen LogP contribution in [0.5, 0.6) is 0 Å². The molecule has 0 saturated heterocycles. The molecule has 0 aromatic heterocycles. The molecule has 2 heteroatoms. The maximum atomic E-state index is 6.09. The smallest absolute Gasteiger partial charge is 0.0364 e. The van der Waals surface area contributed by atoms with E-state index in [1.54, 1.807) is 0 Å². The molecule has 10 heavy (non-hydrogen) atoms. The highest BCUT2D eigenvalue weighted by Gasteiger charge is 2.23. The van der Waals surface area contributed by atoms with Crippen LogP contribution < -0.4 is 5.32 Å². The van der Waals surface area contributed by atoms with Crippen LogP contribution in [-0.4, -0.2) is 19.0 Å². The lowest BCUT2D eigenvalue weighted by Crippen LogP contribution is -2.15. The number of hydrogen-bond donors (Lipinski definition) is 1. The first-order valence-corrected chi connectivity index (χ1v) is 4.57. The van der Waals surface area contributed by atoms with Crippen molar-refractivity contribution in [1.29, 1.82) is 0 Å². The first-order chi connectivity index (χ1) is 4.84. The monoisotopic (exact) mass is 161 g/mol. The zero-order valence-electron chi connectivity index (χ0n) is 6.57. The summed E-state index contributed by atoms with van der Waals surface area (Å²) in [5.41, 5.74) is 0. The molecule has 2 atom stereocenters. The molecule has 1 N–H and O–H groups in total. The fraction of sp³-hybridized carbons (Fsp3) is 1.00. The standard InChI is InChI=1S/C8H16ClN/c1-10-6-5-7-3-2-4-8(7)9/h7-8,10H,2-6H2,1H3. The van der Waals surface area contributed by atoms with Crippen molar-refractivity contribution < 1.29 is 0 Å². The topological polar surface area (TPSA) is 12.0 Å². The van der Waals surface area contributed by atoms with Crippen molar-refractivity contribution in [3.8, 4) is 0 Å². The van der Waals surface area contributed by atoms with E-state index in [0.29, 0.717) is 5.38 Å². The Morgan fingerprint density at radius 3 is 2.80 bits per heavy atom. The highest BCUT2D eigenvalue weighted by molar-refractivity contribution is 6.20. The largest absolute Gasteiger partial charge is 0.320 e. The van der Waals surface area contributed by atoms with Gasteiger partial charge in [0.05, 0.1) is 0 Å². The van der Waals surface area contributed by atoms with Gasteiger partial charge in [-0.15, -0.1) is 11.6 Å². The van der Waals surface area contributed by atoms with Crippen molar-refractivity contribution in [3.63, 3.8) is 0 Å². The zero-order valence-corrected chi connectivity index (χ0v) is 7.32. The van der Waals surface area contributed by atoms with Gasteiger partial charge in [0, 0.05) is 5.38 Å². The lowest BCUT2D eigenvalue weighted by molar-refractivity contribution is 0.496. The van der Waals surface area contributed by atoms with Gasteiger partial charge in [-0.2, -0.15) is 0 Å². The van der Waals surface area contributed by atoms with Crippen LogP contribution in [0.3, 0.4) is 0 Å². The SMILES string of the molecule is CNCCC1CCCC1Cl. The molecule has 0 heterocycles. The Bertz CT molecular complexity index is 95.3. The molecule has 1 fully saturated rings. The van der Waals surface area contributed by atoms with Crippen LogP contribution >= 0.6 is 11.6 Å². The third kappa shape index (κ3) is 2.14. The van der Waals surface area contributed by atoms with E-state index in [4.69, 9.17) is 11.6 Å². The normalized spacial score (nSPS) is 33.0. The maximum absolute atomic E-state index is 6.09. The van der Waals surface area contributed by atoms with E-state index in [0.717, 1.165) is 12.5 Å². The van der Waals surface area contributed by atoms with Gasteiger partial charge in [0.15, 0.2) is 0 Å². The Kier molecular flexibility index (Phi) is 3.50. The van der Waals surface area contributed by atoms with E-state index in [2.05, 4.69) is 5.32 Å². The van der Waals surface area contributed by atoms with Gasteiger partial charge in [-0.3, -0.25) is 0 Å². The number of hydrogen-bond acceptors (Lipinski definition) is 1. The number of rotatable bonds is 3. The fourth-order valence-electron chi connectivity index (χ4n) is 1.65. The molecule has 2 unspecified atom stereocenters. The summed E-state index contributed by atoms with van der Waals surface area (Å²) in [6.45, 7) is 1.12. The van der Waals surface area contributed by atoms with Crippen molar-refractivity contribution in [2.24, 2.45) is 5.92 Å². The zero-order chi connectivity index (χ0) is 7.40. The first-order valence-electron chi connectivity index (χ1n) is 4.13. The maximum Gasteiger partial charge on any atom is 0.0364 e. The molecule has 0 bridgehead atoms. The molecule has 0 amide bonds. The van der Waals surface area contributed by atoms with Gasteiger partial charge in [-0.05, 0) is 38.8 Å². The average Bonchev–Trinajstić information content (AvgIpc) is 2.31. The third-order valence-corrected chi connectivity index (χ3v) is 2.91. The predicted octanol–water partition coefficient (Wildman–Crippen LogP) is 2.00. The number of halogens is 1. The predicted molar refractivity (Wildman–Crippen MR) is 45.5 cm³/mol. The Morgan fingerprint density at radius 1 is 1.50 bits per heavy atom. The van der Waals surface area contributed by atoms with E-state index < -0.39 is 0 Å². The molecule has 0 aromatic carbocycles. The van der Waals surface area contributed by atoms with E-state index in [-0.39, 0.29) is 0 Å². The first kappa shape index (κ1) is 8.35. The Labute approximate surface area is 68.1 Å². The second kappa shape index (κ2) is 4.20. The summed E-state index contributed by atoms with van der Waals surface area (Å²) < 4.78 is 0. The minimum Gasteiger partial charge on any atom is -0.320 e. The van der Waals surface area contributed by atoms with Crippen LogP contribution in [-0.2, 0) is 0 Å². The molecule has 1 aliphatic carbocycles. The van der Waals surface area contributed by atoms with E-state index >= 15 is 0 Å². The lowest BCUT2D eigenvalue weighted by atomic mass is 10.0. The molecule has 0 radical (unpaired) electrons. The van der Waals surface area contributed by atoms with Gasteiger partial charge in [-0.25, -0.2) is 0 Å². The van der Waals surface area contributed by atoms with Crippen molar-refractivity contribution in [3.05, 3.63) is 0 Å². The van der Waals surface area contributed by atoms with Crippen molar-refractivity contribution in [2.75, 3.05) is 13.6 Å². The fourth-order valence-corrected chi connectivity index (χ4v) is 2.05. The molecule has 1 rings (SSSR count). The Morgan fingerprint density at radius 2 is 2.30 bits per heavy atom. The van der Waals surface area contributed by atoms with Gasteiger partial charge in [0.25, 0.3) is 0 Å². The summed E-state index contributed by atoms with van der Waals surface area (Å²) in [5.74, 6) is 0.786. The van der Waals surface area contributed by atoms with Crippen LogP contribution in [0, 0.1) is 5.92 Å². The second-order valence-corrected chi connectivity index (χ2v) is 3.66. The number of alkyl halides is 1. The van der Waals surface area contributed by atoms with Crippen LogP contribution in [0.25, 0.3) is 0 Å². The Balaban J connectivity index is 2.14. The van der Waals surface area contributed by atoms with Crippen molar-refractivity contribution in [1.82, 2.24) is 5.32 Å². The van der Waals surface area contributed by atoms with Crippen LogP contribution in [0.2, 0.25) is 0 Å². The molecular weight excluding hydrogens is 146 g/mol. The lowest BCUT2D eigenvalue weighted by Gasteiger charge is -2.11. The average molecular weight is 162 g/mol. The highest BCUT2D eigenvalue weighted by atomic mass is 35.5. The molecular formula is C8H16ClN. The molecule has 1 saturated carbocycles. The van der Waals surface area contributed by atoms with Gasteiger partial charge in [0.1, 0.15) is 0 Å². The molecule has 1 aliphatic rings. The molecule has 1 nitrogen and oxygen atoms in total. The Hall–Kier alpha value is 0.250. The minimum absolute atomic E-state index is 0.466. The molecule has 0 spiro atoms. The van der Waals surface area contributed by atoms with E-state index in [9.17, 15) is 0 Å². The van der Waals surface area contributed by atoms with E-state index in [1.807, 2.05) is 7.05 Å². The highest BCUT2D eigenvalue weighted by Crippen LogP contribution is 2.31. The van der Waals surface area contributed by atoms with Crippen LogP contribution in [0.15, 0.2) is 0 Å². The summed E-state index contributed by atoms with van der Waals surface area (Å²) in [4.78, 5) is 0. The molecule has 0 aliphatic heterocycles. The summed E-state index contributed by atoms with van der Waals surface area (Å²) in [6.07, 6.45) is 5.17. The van der Waals surface area contributed by atoms with Crippen LogP contribution in [0.4, 0.5) is 0 Å². The van der Waals surface area contributed by atoms with Crippen molar-refractivity contribution in [2.45, 2.75) is 31.1 Å². The van der Waals surface area contributed by atoms with E-state index in [1.165, 1.54) is 25.7 Å². The number of nitrogens with one attached hydrogen (secondary N) is 1. The minimum atomic E-state index is 0.466. The van der Waals surface area contributed by atoms with Gasteiger partial charge in [-0.1, -0.05) is 6.42 Å². The second-order valence-electron chi connectivity index (χ2n) is 3.10. The van der Waals surface area contributed by atoms with Crippen LogP contribution in [0.1, 0.15) is 25.7 Å². The quantitative estimate of drug-likeness (QED) is 0.625. The molecule has 60 valence electrons. The summed E-state index contributed by atoms with van der Waals surface area (Å²) in [6, 6.07) is 0. The third-order valence-electron chi connectivity index (χ3n) is 2.33. The van der Waals surface area contributed by atoms with Gasteiger partial charge >= 0.3 is 0 Å². The van der Waals surface area contributed by atoms with Crippen molar-refractivity contribution >= 4 is 11.6 Å². The summed E-state index contributed by atoms with van der Waals surface area (Å²) in [5, 5.41) is 3.62. The molecule has 0 aromatic rings.